The molecule has 1 heterocycles. The number of nitrogens with zero attached hydrogens (tertiary/aromatic N) is 1. The van der Waals surface area contributed by atoms with Crippen LogP contribution in [0.5, 0.6) is 0 Å². The first-order chi connectivity index (χ1) is 9.64. The van der Waals surface area contributed by atoms with Gasteiger partial charge in [-0.25, -0.2) is 12.8 Å². The number of rotatable bonds is 3. The summed E-state index contributed by atoms with van der Waals surface area (Å²) >= 11 is 0. The lowest BCUT2D eigenvalue weighted by Gasteiger charge is -2.23. The van der Waals surface area contributed by atoms with Crippen molar-refractivity contribution in [1.29, 1.82) is 0 Å². The molecule has 1 unspecified atom stereocenters. The van der Waals surface area contributed by atoms with Crippen LogP contribution in [0.15, 0.2) is 23.1 Å². The summed E-state index contributed by atoms with van der Waals surface area (Å²) in [6.07, 6.45) is -4.26. The van der Waals surface area contributed by atoms with Crippen LogP contribution in [0, 0.1) is 5.82 Å². The first-order valence-electron chi connectivity index (χ1n) is 6.19. The average molecular weight is 363 g/mol. The molecule has 1 aliphatic heterocycles. The molecule has 0 bridgehead atoms. The lowest BCUT2D eigenvalue weighted by molar-refractivity contribution is -0.140. The number of benzene rings is 1. The molecule has 0 radical (unpaired) electrons. The molecule has 2 rings (SSSR count). The molecule has 126 valence electrons. The summed E-state index contributed by atoms with van der Waals surface area (Å²) in [5.74, 6) is -1.60. The third-order valence-corrected chi connectivity index (χ3v) is 5.38. The smallest absolute Gasteiger partial charge is 0.315 e. The van der Waals surface area contributed by atoms with Crippen molar-refractivity contribution in [2.45, 2.75) is 23.5 Å². The lowest BCUT2D eigenvalue weighted by Crippen LogP contribution is -2.38. The fourth-order valence-corrected chi connectivity index (χ4v) is 3.60. The largest absolute Gasteiger partial charge is 0.419 e. The highest BCUT2D eigenvalue weighted by atomic mass is 35.5. The van der Waals surface area contributed by atoms with Crippen LogP contribution in [0.3, 0.4) is 0 Å². The van der Waals surface area contributed by atoms with Crippen molar-refractivity contribution in [3.8, 4) is 0 Å². The zero-order valence-corrected chi connectivity index (χ0v) is 13.2. The molecule has 1 aromatic rings. The fourth-order valence-electron chi connectivity index (χ4n) is 2.20. The number of likely N-dealkylation sites (N-methyl/N-ethyl adjacent to an activating group) is 1. The van der Waals surface area contributed by atoms with Gasteiger partial charge < -0.3 is 5.32 Å². The van der Waals surface area contributed by atoms with E-state index >= 15 is 0 Å². The number of nitrogens with one attached hydrogen (secondary N) is 1. The maximum absolute atomic E-state index is 13.5. The average Bonchev–Trinajstić information content (AvgIpc) is 2.89. The summed E-state index contributed by atoms with van der Waals surface area (Å²) < 4.78 is 76.6. The molecule has 0 saturated carbocycles. The number of hydrogen-bond acceptors (Lipinski definition) is 3. The van der Waals surface area contributed by atoms with E-state index in [9.17, 15) is 26.0 Å². The minimum atomic E-state index is -4.85. The van der Waals surface area contributed by atoms with Gasteiger partial charge in [-0.2, -0.15) is 17.5 Å². The Morgan fingerprint density at radius 1 is 1.32 bits per heavy atom. The summed E-state index contributed by atoms with van der Waals surface area (Å²) in [6, 6.07) is 1.35. The molecular weight excluding hydrogens is 348 g/mol. The molecule has 0 aliphatic carbocycles. The highest BCUT2D eigenvalue weighted by molar-refractivity contribution is 7.89. The summed E-state index contributed by atoms with van der Waals surface area (Å²) in [5, 5.41) is 2.99. The van der Waals surface area contributed by atoms with Gasteiger partial charge in [-0.1, -0.05) is 0 Å². The second kappa shape index (κ2) is 6.69. The Hall–Kier alpha value is -0.900. The van der Waals surface area contributed by atoms with E-state index in [-0.39, 0.29) is 18.4 Å². The van der Waals surface area contributed by atoms with Crippen molar-refractivity contribution in [2.24, 2.45) is 0 Å². The van der Waals surface area contributed by atoms with Crippen molar-refractivity contribution in [3.63, 3.8) is 0 Å². The Bertz CT molecular complexity index is 631. The molecule has 22 heavy (non-hydrogen) atoms. The fraction of sp³-hybridized carbons (Fsp3) is 0.500. The first-order valence-corrected chi connectivity index (χ1v) is 7.63. The minimum absolute atomic E-state index is 0. The monoisotopic (exact) mass is 362 g/mol. The van der Waals surface area contributed by atoms with Gasteiger partial charge in [0.05, 0.1) is 10.5 Å². The van der Waals surface area contributed by atoms with E-state index in [1.54, 1.807) is 0 Å². The summed E-state index contributed by atoms with van der Waals surface area (Å²) in [7, 11) is -2.69. The Labute approximate surface area is 132 Å². The van der Waals surface area contributed by atoms with Gasteiger partial charge in [-0.05, 0) is 31.2 Å². The van der Waals surface area contributed by atoms with E-state index < -0.39 is 32.5 Å². The molecule has 1 aliphatic rings. The maximum atomic E-state index is 13.5. The zero-order valence-electron chi connectivity index (χ0n) is 11.5. The van der Waals surface area contributed by atoms with Crippen molar-refractivity contribution in [3.05, 3.63) is 29.6 Å². The van der Waals surface area contributed by atoms with Crippen molar-refractivity contribution >= 4 is 22.4 Å². The maximum Gasteiger partial charge on any atom is 0.419 e. The lowest BCUT2D eigenvalue weighted by atomic mass is 10.2. The normalized spacial score (nSPS) is 19.3. The zero-order chi connectivity index (χ0) is 15.8. The molecule has 1 N–H and O–H groups in total. The van der Waals surface area contributed by atoms with Crippen LogP contribution in [0.25, 0.3) is 0 Å². The van der Waals surface area contributed by atoms with Gasteiger partial charge in [0, 0.05) is 19.6 Å². The molecule has 10 heteroatoms. The van der Waals surface area contributed by atoms with E-state index in [1.165, 1.54) is 7.05 Å². The quantitative estimate of drug-likeness (QED) is 0.839. The van der Waals surface area contributed by atoms with Gasteiger partial charge in [-0.15, -0.1) is 12.4 Å². The predicted octanol–water partition coefficient (Wildman–Crippen LogP) is 2.25. The summed E-state index contributed by atoms with van der Waals surface area (Å²) in [4.78, 5) is -0.484. The molecule has 0 amide bonds. The number of halogens is 5. The van der Waals surface area contributed by atoms with Crippen LogP contribution in [-0.4, -0.2) is 38.9 Å². The molecule has 0 aromatic heterocycles. The van der Waals surface area contributed by atoms with Gasteiger partial charge in [0.2, 0.25) is 10.0 Å². The van der Waals surface area contributed by atoms with Crippen LogP contribution in [0.4, 0.5) is 17.6 Å². The second-order valence-corrected chi connectivity index (χ2v) is 6.80. The van der Waals surface area contributed by atoms with E-state index in [4.69, 9.17) is 0 Å². The van der Waals surface area contributed by atoms with Gasteiger partial charge in [0.1, 0.15) is 5.82 Å². The van der Waals surface area contributed by atoms with Gasteiger partial charge in [0.25, 0.3) is 0 Å². The molecule has 1 aromatic carbocycles. The Kier molecular flexibility index (Phi) is 5.82. The number of hydrogen-bond donors (Lipinski definition) is 1. The molecule has 0 spiro atoms. The third-order valence-electron chi connectivity index (χ3n) is 3.47. The number of sulfonamides is 1. The van der Waals surface area contributed by atoms with E-state index in [0.29, 0.717) is 31.6 Å². The summed E-state index contributed by atoms with van der Waals surface area (Å²) in [5.41, 5.74) is -1.48. The van der Waals surface area contributed by atoms with Crippen molar-refractivity contribution in [1.82, 2.24) is 9.62 Å². The molecule has 4 nitrogen and oxygen atoms in total. The predicted molar refractivity (Wildman–Crippen MR) is 74.9 cm³/mol. The minimum Gasteiger partial charge on any atom is -0.315 e. The van der Waals surface area contributed by atoms with E-state index in [0.717, 1.165) is 10.4 Å². The Morgan fingerprint density at radius 2 is 1.95 bits per heavy atom. The molecule has 1 saturated heterocycles. The number of alkyl halides is 3. The molecule has 1 atom stereocenters. The van der Waals surface area contributed by atoms with Crippen LogP contribution in [0.1, 0.15) is 12.0 Å². The van der Waals surface area contributed by atoms with Crippen LogP contribution in [-0.2, 0) is 16.2 Å². The summed E-state index contributed by atoms with van der Waals surface area (Å²) in [6.45, 7) is 1.12. The highest BCUT2D eigenvalue weighted by Gasteiger charge is 2.36. The van der Waals surface area contributed by atoms with Gasteiger partial charge in [-0.3, -0.25) is 0 Å². The van der Waals surface area contributed by atoms with Crippen LogP contribution in [0.2, 0.25) is 0 Å². The third kappa shape index (κ3) is 3.70. The second-order valence-electron chi connectivity index (χ2n) is 4.81. The van der Waals surface area contributed by atoms with Crippen LogP contribution < -0.4 is 5.32 Å². The molecular formula is C12H15ClF4N2O2S. The van der Waals surface area contributed by atoms with Gasteiger partial charge >= 0.3 is 6.18 Å². The highest BCUT2D eigenvalue weighted by Crippen LogP contribution is 2.32. The standard InChI is InChI=1S/C12H14F4N2O2S.ClH/c1-18(8-4-5-17-7-8)21(19,20)9-2-3-10(11(13)6-9)12(14,15)16;/h2-3,6,8,17H,4-5,7H2,1H3;1H. The van der Waals surface area contributed by atoms with Crippen molar-refractivity contribution < 1.29 is 26.0 Å². The van der Waals surface area contributed by atoms with Crippen molar-refractivity contribution in [2.75, 3.05) is 20.1 Å². The Balaban J connectivity index is 0.00000242. The van der Waals surface area contributed by atoms with Gasteiger partial charge in [0.15, 0.2) is 0 Å². The Morgan fingerprint density at radius 3 is 2.41 bits per heavy atom. The molecule has 1 fully saturated rings. The van der Waals surface area contributed by atoms with E-state index in [1.807, 2.05) is 0 Å². The SMILES string of the molecule is CN(C1CCNC1)S(=O)(=O)c1ccc(C(F)(F)F)c(F)c1.Cl. The van der Waals surface area contributed by atoms with E-state index in [2.05, 4.69) is 5.32 Å². The topological polar surface area (TPSA) is 49.4 Å². The first kappa shape index (κ1) is 19.1. The van der Waals surface area contributed by atoms with Crippen LogP contribution >= 0.6 is 12.4 Å².